The predicted octanol–water partition coefficient (Wildman–Crippen LogP) is 5.49. The summed E-state index contributed by atoms with van der Waals surface area (Å²) in [6.07, 6.45) is -3.70. The minimum atomic E-state index is -4.39. The lowest BCUT2D eigenvalue weighted by Gasteiger charge is -2.26. The molecule has 2 aliphatic heterocycles. The number of H-pyrrole nitrogens is 1. The van der Waals surface area contributed by atoms with Crippen molar-refractivity contribution in [3.05, 3.63) is 111 Å². The molecule has 5 amide bonds. The van der Waals surface area contributed by atoms with Gasteiger partial charge in [0.2, 0.25) is 29.5 Å². The number of thiol groups is 2. The number of hydrogen-bond donors (Lipinski definition) is 8. The SMILES string of the molecule is CC(C)[C@H](NC(=O)CCOCCOCCOCCOCCOCCOCCOCCOCCOCCOCCOCCOCCOCCOCCOCCOCCN=[N+]=[N-])C(=O)N[C@@H](C)C(=O)Nc1ccc(COC(=O)N(C)Cc2ccccc2C(=O)Nc2nc3c(ncn3[C@@H]3O[C@@H]4CO[P@@](=O)(S)O[C@H]5C[C@H](Oc6ccncn6)C[C@@H]5CO[P@@](=O)(S)O[C@@H]3[C@@H]4O)c(=O)[nH]2)cc1. The monoisotopic (exact) mass is 1920 g/mol. The van der Waals surface area contributed by atoms with Crippen molar-refractivity contribution in [2.75, 3.05) is 249 Å². The van der Waals surface area contributed by atoms with Gasteiger partial charge in [0.05, 0.1) is 237 Å². The maximum absolute atomic E-state index is 14.1. The first-order valence-corrected chi connectivity index (χ1v) is 48.0. The Bertz CT molecular complexity index is 4320. The Kier molecular flexibility index (Phi) is 51.4. The summed E-state index contributed by atoms with van der Waals surface area (Å²) in [6.45, 7) is 8.70. The average Bonchev–Trinajstić information content (AvgIpc) is 1.60. The van der Waals surface area contributed by atoms with E-state index in [-0.39, 0.29) is 93.3 Å². The molecule has 8 rings (SSSR count). The van der Waals surface area contributed by atoms with Crippen LogP contribution in [0.15, 0.2) is 83.4 Å². The summed E-state index contributed by atoms with van der Waals surface area (Å²) in [4.78, 5) is 104. The zero-order valence-corrected chi connectivity index (χ0v) is 77.0. The number of aromatic amines is 1. The minimum absolute atomic E-state index is 0.0219. The smallest absolute Gasteiger partial charge is 0.410 e. The number of aliphatic hydroxyl groups excluding tert-OH is 1. The molecule has 0 spiro atoms. The molecule has 2 aromatic carbocycles. The van der Waals surface area contributed by atoms with Crippen molar-refractivity contribution in [2.24, 2.45) is 17.0 Å². The third-order valence-corrected chi connectivity index (χ3v) is 22.3. The number of rotatable bonds is 66. The number of carbonyl (C=O) groups is 5. The first kappa shape index (κ1) is 108. The zero-order valence-electron chi connectivity index (χ0n) is 73.4. The lowest BCUT2D eigenvalue weighted by molar-refractivity contribution is -0.132. The highest BCUT2D eigenvalue weighted by atomic mass is 32.7. The number of ether oxygens (including phenoxy) is 19. The van der Waals surface area contributed by atoms with Crippen LogP contribution in [0, 0.1) is 11.8 Å². The van der Waals surface area contributed by atoms with Gasteiger partial charge in [-0.05, 0) is 54.1 Å². The van der Waals surface area contributed by atoms with Crippen molar-refractivity contribution in [2.45, 2.75) is 102 Å². The third kappa shape index (κ3) is 41.9. The molecule has 2 saturated heterocycles. The summed E-state index contributed by atoms with van der Waals surface area (Å²) in [5.41, 5.74) is 8.37. The minimum Gasteiger partial charge on any atom is -0.474 e. The highest BCUT2D eigenvalue weighted by Gasteiger charge is 2.51. The lowest BCUT2D eigenvalue weighted by atomic mass is 10.0. The van der Waals surface area contributed by atoms with Gasteiger partial charge in [-0.1, -0.05) is 73.8 Å². The number of azide groups is 1. The number of aliphatic hydroxyl groups is 1. The van der Waals surface area contributed by atoms with Crippen LogP contribution in [0.5, 0.6) is 5.88 Å². The highest BCUT2D eigenvalue weighted by molar-refractivity contribution is 8.44. The van der Waals surface area contributed by atoms with Crippen LogP contribution in [0.3, 0.4) is 0 Å². The van der Waals surface area contributed by atoms with Crippen LogP contribution in [-0.2, 0) is 140 Å². The molecule has 1 saturated carbocycles. The van der Waals surface area contributed by atoms with Crippen LogP contribution >= 0.6 is 38.1 Å². The number of nitrogens with zero attached hydrogens (tertiary/aromatic N) is 9. The molecule has 3 aromatic heterocycles. The Morgan fingerprint density at radius 1 is 0.623 bits per heavy atom. The second-order valence-electron chi connectivity index (χ2n) is 29.3. The molecule has 50 heteroatoms. The van der Waals surface area contributed by atoms with Gasteiger partial charge in [0.25, 0.3) is 11.5 Å². The second kappa shape index (κ2) is 62.1. The van der Waals surface area contributed by atoms with Gasteiger partial charge in [-0.2, -0.15) is 4.98 Å². The van der Waals surface area contributed by atoms with E-state index in [1.807, 2.05) is 0 Å². The number of hydrogen-bond acceptors (Lipinski definition) is 37. The van der Waals surface area contributed by atoms with E-state index in [0.717, 1.165) is 6.33 Å². The van der Waals surface area contributed by atoms with Gasteiger partial charge in [0, 0.05) is 67.3 Å². The first-order chi connectivity index (χ1) is 63.1. The third-order valence-electron chi connectivity index (χ3n) is 19.1. The molecule has 1 aliphatic carbocycles. The lowest BCUT2D eigenvalue weighted by Crippen LogP contribution is -2.53. The zero-order chi connectivity index (χ0) is 92.8. The van der Waals surface area contributed by atoms with Crippen LogP contribution in [0.4, 0.5) is 16.4 Å². The molecule has 46 nitrogen and oxygen atoms in total. The van der Waals surface area contributed by atoms with Crippen LogP contribution < -0.4 is 31.6 Å². The van der Waals surface area contributed by atoms with Gasteiger partial charge < -0.3 is 120 Å². The fraction of sp³-hybridized carbons (Fsp3) is 0.675. The molecule has 3 aliphatic rings. The van der Waals surface area contributed by atoms with Crippen molar-refractivity contribution >= 4 is 90.6 Å². The van der Waals surface area contributed by atoms with Gasteiger partial charge in [0.15, 0.2) is 17.4 Å². The topological polar surface area (TPSA) is 541 Å². The van der Waals surface area contributed by atoms with Gasteiger partial charge in [-0.15, -0.1) is 0 Å². The van der Waals surface area contributed by atoms with Gasteiger partial charge >= 0.3 is 19.7 Å². The Morgan fingerprint density at radius 2 is 1.12 bits per heavy atom. The quantitative estimate of drug-likeness (QED) is 0.00595. The van der Waals surface area contributed by atoms with Crippen molar-refractivity contribution in [1.29, 1.82) is 0 Å². The molecule has 3 fully saturated rings. The molecular weight excluding hydrogens is 1800 g/mol. The molecule has 2 bridgehead atoms. The number of amides is 5. The van der Waals surface area contributed by atoms with Crippen LogP contribution in [0.2, 0.25) is 0 Å². The molecule has 5 aromatic rings. The van der Waals surface area contributed by atoms with E-state index < -0.39 is 110 Å². The number of benzene rings is 2. The summed E-state index contributed by atoms with van der Waals surface area (Å²) >= 11 is 8.45. The Morgan fingerprint density at radius 3 is 1.63 bits per heavy atom. The Balaban J connectivity index is 0.588. The molecule has 130 heavy (non-hydrogen) atoms. The highest BCUT2D eigenvalue weighted by Crippen LogP contribution is 2.60. The van der Waals surface area contributed by atoms with Crippen LogP contribution in [-0.4, -0.2) is 350 Å². The van der Waals surface area contributed by atoms with E-state index in [0.29, 0.717) is 215 Å². The number of fused-ring (bicyclic) bond motifs is 4. The molecule has 0 radical (unpaired) electrons. The van der Waals surface area contributed by atoms with E-state index in [1.54, 1.807) is 62.4 Å². The number of anilines is 2. The molecule has 726 valence electrons. The molecular formula is C80H122N14O32P2S2. The Labute approximate surface area is 763 Å². The van der Waals surface area contributed by atoms with E-state index >= 15 is 0 Å². The van der Waals surface area contributed by atoms with E-state index in [1.165, 1.54) is 42.0 Å². The standard InChI is InChI=1S/C80H122N14O32P2S2/c1-57(2)69(88-67(95)14-17-104-19-21-106-23-25-108-27-29-110-31-33-112-35-37-114-39-41-116-43-45-118-47-48-119-46-44-117-42-40-115-38-36-113-34-32-111-30-28-109-26-24-107-22-20-105-18-16-85-92-81)76(99)86-58(3)74(97)87-62-11-9-59(10-12-62)52-120-80(101)93(4)51-60-7-5-6-8-64(60)75(98)90-79-89-73-70(77(100)91-79)84-56-94(73)78-72-71(96)66(124-78)54-122-127(102,129)125-65-50-63(123-68-13-15-82-55-83-68)49-61(65)53-121-128(103,130)126-72/h5-13,15,55-58,61,63,65-66,69,71-72,78,96H,14,16-54H2,1-4H3,(H,86,99)(H,87,97)(H,88,95)(H,102,129)(H,103,130)(H2,89,90,91,98,100)/t58-,61+,63+,65-,66+,69-,71+,72+,78+,127+,128+/m0/s1. The van der Waals surface area contributed by atoms with E-state index in [9.17, 15) is 43.0 Å². The fourth-order valence-corrected chi connectivity index (χ4v) is 15.6. The molecule has 5 heterocycles. The Hall–Kier alpha value is -7.59. The predicted molar refractivity (Wildman–Crippen MR) is 469 cm³/mol. The summed E-state index contributed by atoms with van der Waals surface area (Å²) in [5, 5.41) is 25.7. The maximum atomic E-state index is 14.1. The summed E-state index contributed by atoms with van der Waals surface area (Å²) in [6, 6.07) is 12.4. The average molecular weight is 1920 g/mol. The van der Waals surface area contributed by atoms with Crippen LogP contribution in [0.1, 0.15) is 67.7 Å². The maximum Gasteiger partial charge on any atom is 0.410 e. The summed E-state index contributed by atoms with van der Waals surface area (Å²) < 4.78 is 158. The van der Waals surface area contributed by atoms with Crippen molar-refractivity contribution < 1.29 is 146 Å². The summed E-state index contributed by atoms with van der Waals surface area (Å²) in [5.74, 6) is -3.24. The van der Waals surface area contributed by atoms with Crippen LogP contribution in [0.25, 0.3) is 21.6 Å². The van der Waals surface area contributed by atoms with Gasteiger partial charge in [-0.3, -0.25) is 52.4 Å². The van der Waals surface area contributed by atoms with Gasteiger partial charge in [0.1, 0.15) is 49.4 Å². The normalized spacial score (nSPS) is 20.3. The van der Waals surface area contributed by atoms with E-state index in [4.69, 9.17) is 114 Å². The largest absolute Gasteiger partial charge is 0.474 e. The number of imidazole rings is 1. The molecule has 11 atom stereocenters. The number of aromatic nitrogens is 6. The first-order valence-electron chi connectivity index (χ1n) is 42.6. The summed E-state index contributed by atoms with van der Waals surface area (Å²) in [7, 11) is 1.46. The van der Waals surface area contributed by atoms with Crippen molar-refractivity contribution in [3.63, 3.8) is 0 Å². The fourth-order valence-electron chi connectivity index (χ4n) is 12.5. The number of carbonyl (C=O) groups excluding carboxylic acids is 5. The number of nitrogens with one attached hydrogen (secondary N) is 5. The molecule has 6 N–H and O–H groups in total. The van der Waals surface area contributed by atoms with E-state index in [2.05, 4.69) is 80.7 Å². The second-order valence-corrected chi connectivity index (χ2v) is 35.0. The van der Waals surface area contributed by atoms with Crippen molar-refractivity contribution in [1.82, 2.24) is 45.0 Å². The van der Waals surface area contributed by atoms with Crippen molar-refractivity contribution in [3.8, 4) is 5.88 Å². The molecule has 0 unspecified atom stereocenters. The van der Waals surface area contributed by atoms with Gasteiger partial charge in [-0.25, -0.2) is 28.9 Å².